The number of esters is 1. The van der Waals surface area contributed by atoms with E-state index in [1.54, 1.807) is 0 Å². The molecule has 3 nitrogen and oxygen atoms in total. The highest BCUT2D eigenvalue weighted by Crippen LogP contribution is 2.23. The van der Waals surface area contributed by atoms with E-state index in [2.05, 4.69) is 15.9 Å². The van der Waals surface area contributed by atoms with Crippen molar-refractivity contribution in [1.29, 1.82) is 0 Å². The molecule has 0 fully saturated rings. The third-order valence-electron chi connectivity index (χ3n) is 2.69. The smallest absolute Gasteiger partial charge is 0.310 e. The minimum atomic E-state index is -0.464. The standard InChI is InChI=1S/C15H22BrNO2/c1-15(2,3)19-14(18)12(10-16)9-13(17)11-7-5-4-6-8-11/h4-8,12-13H,9-10,17H2,1-3H3. The number of benzene rings is 1. The fourth-order valence-electron chi connectivity index (χ4n) is 1.75. The Hall–Kier alpha value is -0.870. The van der Waals surface area contributed by atoms with Crippen LogP contribution in [0.25, 0.3) is 0 Å². The van der Waals surface area contributed by atoms with Crippen LogP contribution in [-0.2, 0) is 9.53 Å². The van der Waals surface area contributed by atoms with Crippen LogP contribution in [0.15, 0.2) is 30.3 Å². The Balaban J connectivity index is 2.64. The molecule has 4 heteroatoms. The lowest BCUT2D eigenvalue weighted by atomic mass is 9.96. The molecule has 0 aliphatic carbocycles. The van der Waals surface area contributed by atoms with Crippen molar-refractivity contribution in [3.8, 4) is 0 Å². The van der Waals surface area contributed by atoms with E-state index in [1.807, 2.05) is 51.1 Å². The van der Waals surface area contributed by atoms with Crippen molar-refractivity contribution in [2.24, 2.45) is 11.7 Å². The molecule has 2 unspecified atom stereocenters. The maximum Gasteiger partial charge on any atom is 0.310 e. The molecule has 0 amide bonds. The van der Waals surface area contributed by atoms with Gasteiger partial charge in [0.05, 0.1) is 5.92 Å². The predicted octanol–water partition coefficient (Wildman–Crippen LogP) is 3.43. The number of rotatable bonds is 5. The number of halogens is 1. The minimum Gasteiger partial charge on any atom is -0.460 e. The maximum atomic E-state index is 12.0. The van der Waals surface area contributed by atoms with Crippen LogP contribution < -0.4 is 5.73 Å². The second kappa shape index (κ2) is 7.06. The maximum absolute atomic E-state index is 12.0. The molecule has 1 aromatic carbocycles. The van der Waals surface area contributed by atoms with Crippen molar-refractivity contribution in [2.75, 3.05) is 5.33 Å². The molecular weight excluding hydrogens is 306 g/mol. The molecule has 0 aliphatic heterocycles. The number of carbonyl (C=O) groups is 1. The molecule has 0 bridgehead atoms. The van der Waals surface area contributed by atoms with E-state index < -0.39 is 5.60 Å². The van der Waals surface area contributed by atoms with Gasteiger partial charge in [-0.25, -0.2) is 0 Å². The summed E-state index contributed by atoms with van der Waals surface area (Å²) in [6.45, 7) is 5.61. The first-order valence-corrected chi connectivity index (χ1v) is 7.55. The molecule has 0 saturated carbocycles. The highest BCUT2D eigenvalue weighted by Gasteiger charge is 2.26. The lowest BCUT2D eigenvalue weighted by Crippen LogP contribution is -2.31. The molecule has 0 spiro atoms. The third kappa shape index (κ3) is 5.74. The quantitative estimate of drug-likeness (QED) is 0.665. The van der Waals surface area contributed by atoms with Crippen LogP contribution >= 0.6 is 15.9 Å². The Bertz CT molecular complexity index is 400. The molecule has 2 atom stereocenters. The van der Waals surface area contributed by atoms with E-state index in [4.69, 9.17) is 10.5 Å². The molecule has 0 aliphatic rings. The zero-order valence-corrected chi connectivity index (χ0v) is 13.3. The van der Waals surface area contributed by atoms with Crippen LogP contribution in [-0.4, -0.2) is 16.9 Å². The highest BCUT2D eigenvalue weighted by molar-refractivity contribution is 9.09. The van der Waals surface area contributed by atoms with Gasteiger partial charge in [-0.3, -0.25) is 4.79 Å². The minimum absolute atomic E-state index is 0.156. The Labute approximate surface area is 123 Å². The fourth-order valence-corrected chi connectivity index (χ4v) is 2.28. The van der Waals surface area contributed by atoms with E-state index in [-0.39, 0.29) is 17.9 Å². The first-order chi connectivity index (χ1) is 8.83. The summed E-state index contributed by atoms with van der Waals surface area (Å²) in [6, 6.07) is 9.65. The Morgan fingerprint density at radius 3 is 2.37 bits per heavy atom. The van der Waals surface area contributed by atoms with E-state index in [1.165, 1.54) is 0 Å². The van der Waals surface area contributed by atoms with Gasteiger partial charge in [0.25, 0.3) is 0 Å². The number of alkyl halides is 1. The van der Waals surface area contributed by atoms with Gasteiger partial charge in [0.15, 0.2) is 0 Å². The van der Waals surface area contributed by atoms with Gasteiger partial charge < -0.3 is 10.5 Å². The van der Waals surface area contributed by atoms with Crippen LogP contribution in [0.4, 0.5) is 0 Å². The van der Waals surface area contributed by atoms with Gasteiger partial charge in [0.2, 0.25) is 0 Å². The Kier molecular flexibility index (Phi) is 6.01. The molecule has 0 aromatic heterocycles. The molecule has 0 saturated heterocycles. The molecule has 2 N–H and O–H groups in total. The van der Waals surface area contributed by atoms with Gasteiger partial charge >= 0.3 is 5.97 Å². The van der Waals surface area contributed by atoms with E-state index in [9.17, 15) is 4.79 Å². The van der Waals surface area contributed by atoms with Crippen LogP contribution in [0.5, 0.6) is 0 Å². The monoisotopic (exact) mass is 327 g/mol. The zero-order chi connectivity index (χ0) is 14.5. The molecule has 19 heavy (non-hydrogen) atoms. The van der Waals surface area contributed by atoms with E-state index >= 15 is 0 Å². The molecule has 1 aromatic rings. The average molecular weight is 328 g/mol. The number of ether oxygens (including phenoxy) is 1. The molecule has 1 rings (SSSR count). The van der Waals surface area contributed by atoms with Gasteiger partial charge in [-0.15, -0.1) is 0 Å². The summed E-state index contributed by atoms with van der Waals surface area (Å²) < 4.78 is 5.40. The zero-order valence-electron chi connectivity index (χ0n) is 11.7. The molecular formula is C15H22BrNO2. The molecule has 106 valence electrons. The van der Waals surface area contributed by atoms with Gasteiger partial charge in [-0.1, -0.05) is 46.3 Å². The first kappa shape index (κ1) is 16.2. The number of carbonyl (C=O) groups excluding carboxylic acids is 1. The Morgan fingerprint density at radius 2 is 1.89 bits per heavy atom. The second-order valence-corrected chi connectivity index (χ2v) is 6.29. The summed E-state index contributed by atoms with van der Waals surface area (Å²) in [5, 5.41) is 0.558. The topological polar surface area (TPSA) is 52.3 Å². The normalized spacial score (nSPS) is 14.8. The first-order valence-electron chi connectivity index (χ1n) is 6.43. The molecule has 0 heterocycles. The second-order valence-electron chi connectivity index (χ2n) is 5.64. The average Bonchev–Trinajstić information content (AvgIpc) is 2.34. The Morgan fingerprint density at radius 1 is 1.32 bits per heavy atom. The van der Waals surface area contributed by atoms with Crippen molar-refractivity contribution in [3.63, 3.8) is 0 Å². The van der Waals surface area contributed by atoms with Crippen molar-refractivity contribution >= 4 is 21.9 Å². The van der Waals surface area contributed by atoms with Gasteiger partial charge in [0, 0.05) is 11.4 Å². The van der Waals surface area contributed by atoms with Crippen molar-refractivity contribution in [1.82, 2.24) is 0 Å². The largest absolute Gasteiger partial charge is 0.460 e. The van der Waals surface area contributed by atoms with Crippen LogP contribution in [0, 0.1) is 5.92 Å². The summed E-state index contributed by atoms with van der Waals surface area (Å²) >= 11 is 3.37. The van der Waals surface area contributed by atoms with Crippen molar-refractivity contribution in [2.45, 2.75) is 38.8 Å². The SMILES string of the molecule is CC(C)(C)OC(=O)C(CBr)CC(N)c1ccccc1. The number of nitrogens with two attached hydrogens (primary N) is 1. The lowest BCUT2D eigenvalue weighted by molar-refractivity contribution is -0.159. The summed E-state index contributed by atoms with van der Waals surface area (Å²) in [7, 11) is 0. The van der Waals surface area contributed by atoms with Gasteiger partial charge in [0.1, 0.15) is 5.60 Å². The summed E-state index contributed by atoms with van der Waals surface area (Å²) in [5.41, 5.74) is 6.72. The lowest BCUT2D eigenvalue weighted by Gasteiger charge is -2.24. The molecule has 0 radical (unpaired) electrons. The summed E-state index contributed by atoms with van der Waals surface area (Å²) in [5.74, 6) is -0.426. The number of hydrogen-bond donors (Lipinski definition) is 1. The summed E-state index contributed by atoms with van der Waals surface area (Å²) in [6.07, 6.45) is 0.574. The van der Waals surface area contributed by atoms with E-state index in [0.717, 1.165) is 5.56 Å². The number of hydrogen-bond acceptors (Lipinski definition) is 3. The van der Waals surface area contributed by atoms with Crippen LogP contribution in [0.3, 0.4) is 0 Å². The van der Waals surface area contributed by atoms with E-state index in [0.29, 0.717) is 11.8 Å². The third-order valence-corrected chi connectivity index (χ3v) is 3.47. The van der Waals surface area contributed by atoms with Crippen molar-refractivity contribution < 1.29 is 9.53 Å². The van der Waals surface area contributed by atoms with Crippen LogP contribution in [0.1, 0.15) is 38.8 Å². The van der Waals surface area contributed by atoms with Crippen molar-refractivity contribution in [3.05, 3.63) is 35.9 Å². The van der Waals surface area contributed by atoms with Crippen LogP contribution in [0.2, 0.25) is 0 Å². The summed E-state index contributed by atoms with van der Waals surface area (Å²) in [4.78, 5) is 12.0. The van der Waals surface area contributed by atoms with Gasteiger partial charge in [-0.2, -0.15) is 0 Å². The fraction of sp³-hybridized carbons (Fsp3) is 0.533. The highest BCUT2D eigenvalue weighted by atomic mass is 79.9. The predicted molar refractivity (Wildman–Crippen MR) is 81.1 cm³/mol. The van der Waals surface area contributed by atoms with Gasteiger partial charge in [-0.05, 0) is 32.8 Å².